The van der Waals surface area contributed by atoms with Crippen molar-refractivity contribution in [3.05, 3.63) is 83.8 Å². The smallest absolute Gasteiger partial charge is 0.408 e. The number of ether oxygens (including phenoxy) is 1. The van der Waals surface area contributed by atoms with Gasteiger partial charge in [-0.25, -0.2) is 4.79 Å². The van der Waals surface area contributed by atoms with Crippen molar-refractivity contribution in [2.24, 2.45) is 4.99 Å². The number of carbonyl (C=O) groups excluding carboxylic acids is 1. The molecule has 1 N–H and O–H groups in total. The predicted molar refractivity (Wildman–Crippen MR) is 152 cm³/mol. The molecular weight excluding hydrogens is 515 g/mol. The maximum Gasteiger partial charge on any atom is 0.408 e. The Morgan fingerprint density at radius 2 is 1.44 bits per heavy atom. The summed E-state index contributed by atoms with van der Waals surface area (Å²) >= 11 is 0. The molecule has 8 nitrogen and oxygen atoms in total. The molecule has 2 aromatic carbocycles. The molecule has 1 amide bonds. The number of aliphatic imine (C=N–C) groups is 1. The van der Waals surface area contributed by atoms with E-state index in [2.05, 4.69) is 5.32 Å². The Bertz CT molecular complexity index is 1310. The van der Waals surface area contributed by atoms with Gasteiger partial charge in [0.05, 0.1) is 18.5 Å². The highest BCUT2D eigenvalue weighted by atomic mass is 31.2. The lowest BCUT2D eigenvalue weighted by Crippen LogP contribution is -2.38. The normalized spacial score (nSPS) is 14.8. The van der Waals surface area contributed by atoms with Crippen molar-refractivity contribution in [2.45, 2.75) is 78.4 Å². The Morgan fingerprint density at radius 1 is 0.897 bits per heavy atom. The molecule has 0 saturated heterocycles. The van der Waals surface area contributed by atoms with Gasteiger partial charge in [0.25, 0.3) is 0 Å². The summed E-state index contributed by atoms with van der Waals surface area (Å²) in [5.74, 6) is 0.319. The lowest BCUT2D eigenvalue weighted by atomic mass is 10.1. The maximum absolute atomic E-state index is 14.7. The fourth-order valence-corrected chi connectivity index (χ4v) is 6.68. The number of nitrogens with zero attached hydrogens (tertiary/aromatic N) is 1. The van der Waals surface area contributed by atoms with Gasteiger partial charge in [0.15, 0.2) is 5.45 Å². The highest BCUT2D eigenvalue weighted by molar-refractivity contribution is 7.72. The molecule has 1 aromatic heterocycles. The van der Waals surface area contributed by atoms with Crippen molar-refractivity contribution < 1.29 is 27.6 Å². The third-order valence-electron chi connectivity index (χ3n) is 5.79. The highest BCUT2D eigenvalue weighted by Crippen LogP contribution is 2.57. The molecule has 0 radical (unpaired) electrons. The number of benzene rings is 2. The van der Waals surface area contributed by atoms with Crippen LogP contribution in [0.5, 0.6) is 0 Å². The standard InChI is InChI=1S/C30H37N2O6P/c1-19(2)37-39(34,38-20(3)4)28(27(25-17-12-18-35-25)32-29(33)36-30(5,6)7)31-26-23-15-10-8-13-21(23)22-14-9-11-16-24(22)26/h8-20,26-27H,1-7H3,(H,32,33). The molecule has 9 heteroatoms. The first-order valence-corrected chi connectivity index (χ1v) is 14.7. The van der Waals surface area contributed by atoms with Crippen LogP contribution in [0.4, 0.5) is 4.79 Å². The van der Waals surface area contributed by atoms with Crippen LogP contribution in [0.25, 0.3) is 11.1 Å². The summed E-state index contributed by atoms with van der Waals surface area (Å²) in [6, 6.07) is 17.7. The van der Waals surface area contributed by atoms with Gasteiger partial charge >= 0.3 is 13.7 Å². The lowest BCUT2D eigenvalue weighted by Gasteiger charge is -2.30. The Morgan fingerprint density at radius 3 is 1.90 bits per heavy atom. The van der Waals surface area contributed by atoms with E-state index in [-0.39, 0.29) is 5.45 Å². The van der Waals surface area contributed by atoms with E-state index in [1.807, 2.05) is 48.5 Å². The summed E-state index contributed by atoms with van der Waals surface area (Å²) in [6.45, 7) is 12.4. The number of fused-ring (bicyclic) bond motifs is 3. The van der Waals surface area contributed by atoms with Gasteiger partial charge in [0.2, 0.25) is 0 Å². The molecule has 1 aliphatic rings. The van der Waals surface area contributed by atoms with Crippen LogP contribution in [0.15, 0.2) is 76.3 Å². The second kappa shape index (κ2) is 11.5. The van der Waals surface area contributed by atoms with Crippen molar-refractivity contribution in [2.75, 3.05) is 0 Å². The number of amides is 1. The summed E-state index contributed by atoms with van der Waals surface area (Å²) in [5.41, 5.74) is 3.26. The number of rotatable bonds is 9. The zero-order chi connectivity index (χ0) is 28.4. The largest absolute Gasteiger partial charge is 0.467 e. The van der Waals surface area contributed by atoms with Crippen LogP contribution in [0.3, 0.4) is 0 Å². The molecule has 3 aromatic rings. The van der Waals surface area contributed by atoms with Crippen LogP contribution >= 0.6 is 7.60 Å². The van der Waals surface area contributed by atoms with Crippen molar-refractivity contribution in [3.8, 4) is 11.1 Å². The molecule has 1 atom stereocenters. The molecule has 4 rings (SSSR count). The van der Waals surface area contributed by atoms with Crippen LogP contribution in [0.2, 0.25) is 0 Å². The minimum atomic E-state index is -4.10. The maximum atomic E-state index is 14.7. The molecule has 0 bridgehead atoms. The first-order valence-electron chi connectivity index (χ1n) is 13.1. The van der Waals surface area contributed by atoms with Crippen molar-refractivity contribution in [1.82, 2.24) is 5.32 Å². The fraction of sp³-hybridized carbons (Fsp3) is 0.400. The van der Waals surface area contributed by atoms with Gasteiger partial charge in [-0.15, -0.1) is 0 Å². The van der Waals surface area contributed by atoms with Crippen LogP contribution in [0.1, 0.15) is 77.4 Å². The van der Waals surface area contributed by atoms with Crippen molar-refractivity contribution in [3.63, 3.8) is 0 Å². The Labute approximate surface area is 230 Å². The number of hydrogen-bond donors (Lipinski definition) is 1. The second-order valence-corrected chi connectivity index (χ2v) is 12.8. The number of nitrogens with one attached hydrogen (secondary N) is 1. The van der Waals surface area contributed by atoms with Crippen LogP contribution < -0.4 is 5.32 Å². The average molecular weight is 553 g/mol. The minimum absolute atomic E-state index is 0.0298. The Balaban J connectivity index is 1.95. The number of hydrogen-bond acceptors (Lipinski definition) is 7. The summed E-state index contributed by atoms with van der Waals surface area (Å²) in [4.78, 5) is 18.2. The monoisotopic (exact) mass is 552 g/mol. The summed E-state index contributed by atoms with van der Waals surface area (Å²) in [7, 11) is -4.10. The van der Waals surface area contributed by atoms with Crippen LogP contribution in [-0.4, -0.2) is 29.4 Å². The summed E-state index contributed by atoms with van der Waals surface area (Å²) < 4.78 is 38.1. The fourth-order valence-electron chi connectivity index (χ4n) is 4.54. The second-order valence-electron chi connectivity index (χ2n) is 11.0. The molecule has 208 valence electrons. The highest BCUT2D eigenvalue weighted by Gasteiger charge is 2.44. The van der Waals surface area contributed by atoms with E-state index in [1.165, 1.54) is 6.26 Å². The SMILES string of the molecule is CC(C)OP(=O)(OC(C)C)C(=NC1c2ccccc2-c2ccccc21)C(NC(=O)OC(C)(C)C)c1ccco1. The molecule has 0 saturated carbocycles. The van der Waals surface area contributed by atoms with Gasteiger partial charge in [-0.2, -0.15) is 0 Å². The molecule has 0 aliphatic heterocycles. The zero-order valence-electron chi connectivity index (χ0n) is 23.5. The van der Waals surface area contributed by atoms with E-state index >= 15 is 0 Å². The van der Waals surface area contributed by atoms with Crippen LogP contribution in [0, 0.1) is 0 Å². The summed E-state index contributed by atoms with van der Waals surface area (Å²) in [5, 5.41) is 2.83. The molecular formula is C30H37N2O6P. The quantitative estimate of drug-likeness (QED) is 0.213. The van der Waals surface area contributed by atoms with Gasteiger partial charge in [0, 0.05) is 0 Å². The van der Waals surface area contributed by atoms with Gasteiger partial charge in [-0.1, -0.05) is 48.5 Å². The van der Waals surface area contributed by atoms with E-state index in [4.69, 9.17) is 23.2 Å². The number of carbonyl (C=O) groups is 1. The molecule has 1 heterocycles. The third-order valence-corrected chi connectivity index (χ3v) is 8.12. The third kappa shape index (κ3) is 6.70. The Hall–Kier alpha value is -3.19. The van der Waals surface area contributed by atoms with Gasteiger partial charge in [-0.3, -0.25) is 9.56 Å². The average Bonchev–Trinajstić information content (AvgIpc) is 3.46. The molecule has 0 spiro atoms. The van der Waals surface area contributed by atoms with E-state index in [0.717, 1.165) is 22.3 Å². The van der Waals surface area contributed by atoms with E-state index in [9.17, 15) is 9.36 Å². The molecule has 0 fully saturated rings. The van der Waals surface area contributed by atoms with E-state index in [0.29, 0.717) is 5.76 Å². The molecule has 1 unspecified atom stereocenters. The van der Waals surface area contributed by atoms with Crippen LogP contribution in [-0.2, 0) is 18.3 Å². The predicted octanol–water partition coefficient (Wildman–Crippen LogP) is 8.06. The van der Waals surface area contributed by atoms with Gasteiger partial charge in [0.1, 0.15) is 23.4 Å². The van der Waals surface area contributed by atoms with Crippen molar-refractivity contribution >= 4 is 19.1 Å². The zero-order valence-corrected chi connectivity index (χ0v) is 24.4. The number of furan rings is 1. The first kappa shape index (κ1) is 28.8. The molecule has 39 heavy (non-hydrogen) atoms. The minimum Gasteiger partial charge on any atom is -0.467 e. The lowest BCUT2D eigenvalue weighted by molar-refractivity contribution is 0.0513. The Kier molecular flexibility index (Phi) is 8.50. The number of alkyl carbamates (subject to hydrolysis) is 1. The van der Waals surface area contributed by atoms with Gasteiger partial charge < -0.3 is 23.5 Å². The molecule has 1 aliphatic carbocycles. The topological polar surface area (TPSA) is 99.4 Å². The van der Waals surface area contributed by atoms with E-state index < -0.39 is 43.6 Å². The van der Waals surface area contributed by atoms with Crippen molar-refractivity contribution in [1.29, 1.82) is 0 Å². The van der Waals surface area contributed by atoms with E-state index in [1.54, 1.807) is 60.6 Å². The van der Waals surface area contributed by atoms with Gasteiger partial charge in [-0.05, 0) is 82.9 Å². The first-order chi connectivity index (χ1) is 18.4. The summed E-state index contributed by atoms with van der Waals surface area (Å²) in [6.07, 6.45) is -0.151.